The first-order chi connectivity index (χ1) is 9.79. The van der Waals surface area contributed by atoms with E-state index < -0.39 is 4.92 Å². The van der Waals surface area contributed by atoms with E-state index in [4.69, 9.17) is 5.73 Å². The minimum absolute atomic E-state index is 0.0407. The van der Waals surface area contributed by atoms with Gasteiger partial charge in [0.25, 0.3) is 5.69 Å². The lowest BCUT2D eigenvalue weighted by atomic mass is 10.1. The highest BCUT2D eigenvalue weighted by Gasteiger charge is 2.13. The Kier molecular flexibility index (Phi) is 6.10. The molecule has 116 valence electrons. The summed E-state index contributed by atoms with van der Waals surface area (Å²) in [5.41, 5.74) is 6.51. The molecule has 21 heavy (non-hydrogen) atoms. The average Bonchev–Trinajstić information content (AvgIpc) is 2.35. The van der Waals surface area contributed by atoms with Gasteiger partial charge < -0.3 is 11.1 Å². The molecule has 0 spiro atoms. The Morgan fingerprint density at radius 1 is 1.48 bits per heavy atom. The van der Waals surface area contributed by atoms with Crippen LogP contribution in [0.2, 0.25) is 0 Å². The summed E-state index contributed by atoms with van der Waals surface area (Å²) in [6.07, 6.45) is 0. The normalized spacial score (nSPS) is 10.9. The molecule has 0 bridgehead atoms. The van der Waals surface area contributed by atoms with E-state index in [1.807, 2.05) is 25.8 Å². The molecule has 0 saturated carbocycles. The van der Waals surface area contributed by atoms with Crippen molar-refractivity contribution in [1.29, 1.82) is 0 Å². The van der Waals surface area contributed by atoms with Gasteiger partial charge in [0.05, 0.1) is 11.5 Å². The van der Waals surface area contributed by atoms with Crippen molar-refractivity contribution >= 4 is 17.3 Å². The number of nitro groups is 1. The molecule has 0 fully saturated rings. The van der Waals surface area contributed by atoms with Crippen LogP contribution < -0.4 is 11.1 Å². The number of anilines is 1. The zero-order valence-electron chi connectivity index (χ0n) is 12.6. The van der Waals surface area contributed by atoms with Crippen LogP contribution in [0.1, 0.15) is 19.4 Å². The van der Waals surface area contributed by atoms with E-state index in [1.54, 1.807) is 12.1 Å². The van der Waals surface area contributed by atoms with Gasteiger partial charge >= 0.3 is 0 Å². The topological polar surface area (TPSA) is 102 Å². The molecule has 7 heteroatoms. The summed E-state index contributed by atoms with van der Waals surface area (Å²) < 4.78 is 0. The van der Waals surface area contributed by atoms with Gasteiger partial charge in [0.1, 0.15) is 5.69 Å². The molecule has 0 aliphatic heterocycles. The minimum Gasteiger partial charge on any atom is -0.393 e. The van der Waals surface area contributed by atoms with Gasteiger partial charge in [0.15, 0.2) is 0 Å². The molecule has 3 N–H and O–H groups in total. The smallest absolute Gasteiger partial charge is 0.292 e. The van der Waals surface area contributed by atoms with Crippen molar-refractivity contribution in [1.82, 2.24) is 10.2 Å². The monoisotopic (exact) mass is 294 g/mol. The number of amides is 1. The molecule has 0 aliphatic carbocycles. The largest absolute Gasteiger partial charge is 0.393 e. The number of nitrogens with zero attached hydrogens (tertiary/aromatic N) is 2. The predicted octanol–water partition coefficient (Wildman–Crippen LogP) is 1.38. The van der Waals surface area contributed by atoms with Crippen molar-refractivity contribution < 1.29 is 9.72 Å². The fraction of sp³-hybridized carbons (Fsp3) is 0.500. The van der Waals surface area contributed by atoms with E-state index in [2.05, 4.69) is 5.32 Å². The number of nitrogens with two attached hydrogens (primary N) is 1. The van der Waals surface area contributed by atoms with Crippen LogP contribution in [-0.2, 0) is 11.3 Å². The highest BCUT2D eigenvalue weighted by Crippen LogP contribution is 2.22. The maximum Gasteiger partial charge on any atom is 0.292 e. The van der Waals surface area contributed by atoms with Crippen molar-refractivity contribution in [3.8, 4) is 0 Å². The SMILES string of the molecule is CC(C)CNC(=O)CN(C)Cc1ccc([N+](=O)[O-])c(N)c1. The van der Waals surface area contributed by atoms with E-state index >= 15 is 0 Å². The molecule has 1 aromatic carbocycles. The van der Waals surface area contributed by atoms with Gasteiger partial charge in [-0.15, -0.1) is 0 Å². The number of nitrogen functional groups attached to an aromatic ring is 1. The Morgan fingerprint density at radius 2 is 2.14 bits per heavy atom. The first kappa shape index (κ1) is 16.9. The van der Waals surface area contributed by atoms with Crippen molar-refractivity contribution in [2.45, 2.75) is 20.4 Å². The van der Waals surface area contributed by atoms with Gasteiger partial charge in [-0.25, -0.2) is 0 Å². The van der Waals surface area contributed by atoms with Crippen LogP contribution in [0.15, 0.2) is 18.2 Å². The zero-order valence-corrected chi connectivity index (χ0v) is 12.6. The molecule has 0 saturated heterocycles. The average molecular weight is 294 g/mol. The number of hydrogen-bond acceptors (Lipinski definition) is 5. The second kappa shape index (κ2) is 7.58. The summed E-state index contributed by atoms with van der Waals surface area (Å²) in [5.74, 6) is 0.370. The molecular weight excluding hydrogens is 272 g/mol. The lowest BCUT2D eigenvalue weighted by molar-refractivity contribution is -0.383. The lowest BCUT2D eigenvalue weighted by Gasteiger charge is -2.17. The third-order valence-corrected chi connectivity index (χ3v) is 2.86. The molecule has 0 aliphatic rings. The Hall–Kier alpha value is -2.15. The van der Waals surface area contributed by atoms with Crippen molar-refractivity contribution in [2.75, 3.05) is 25.9 Å². The Morgan fingerprint density at radius 3 is 2.67 bits per heavy atom. The molecule has 0 heterocycles. The van der Waals surface area contributed by atoms with Crippen molar-refractivity contribution in [3.63, 3.8) is 0 Å². The van der Waals surface area contributed by atoms with Crippen molar-refractivity contribution in [3.05, 3.63) is 33.9 Å². The summed E-state index contributed by atoms with van der Waals surface area (Å²) in [7, 11) is 1.81. The van der Waals surface area contributed by atoms with E-state index in [1.165, 1.54) is 6.07 Å². The quantitative estimate of drug-likeness (QED) is 0.449. The molecule has 0 unspecified atom stereocenters. The highest BCUT2D eigenvalue weighted by atomic mass is 16.6. The second-order valence-electron chi connectivity index (χ2n) is 5.52. The fourth-order valence-corrected chi connectivity index (χ4v) is 1.86. The molecule has 1 aromatic rings. The first-order valence-corrected chi connectivity index (χ1v) is 6.77. The van der Waals surface area contributed by atoms with Crippen LogP contribution >= 0.6 is 0 Å². The fourth-order valence-electron chi connectivity index (χ4n) is 1.86. The summed E-state index contributed by atoms with van der Waals surface area (Å²) in [6, 6.07) is 4.61. The van der Waals surface area contributed by atoms with Gasteiger partial charge in [-0.1, -0.05) is 19.9 Å². The highest BCUT2D eigenvalue weighted by molar-refractivity contribution is 5.77. The molecule has 1 rings (SSSR count). The van der Waals surface area contributed by atoms with Gasteiger partial charge in [-0.2, -0.15) is 0 Å². The van der Waals surface area contributed by atoms with Gasteiger partial charge in [0.2, 0.25) is 5.91 Å². The summed E-state index contributed by atoms with van der Waals surface area (Å²) in [4.78, 5) is 23.7. The lowest BCUT2D eigenvalue weighted by Crippen LogP contribution is -2.36. The summed E-state index contributed by atoms with van der Waals surface area (Å²) in [6.45, 7) is 5.48. The summed E-state index contributed by atoms with van der Waals surface area (Å²) in [5, 5.41) is 13.5. The molecule has 0 aromatic heterocycles. The van der Waals surface area contributed by atoms with E-state index in [0.29, 0.717) is 19.0 Å². The third kappa shape index (κ3) is 5.78. The third-order valence-electron chi connectivity index (χ3n) is 2.86. The number of benzene rings is 1. The number of nitro benzene ring substituents is 1. The molecule has 0 atom stereocenters. The number of nitrogens with one attached hydrogen (secondary N) is 1. The number of carbonyl (C=O) groups is 1. The number of rotatable bonds is 7. The van der Waals surface area contributed by atoms with Crippen LogP contribution in [0.25, 0.3) is 0 Å². The van der Waals surface area contributed by atoms with Gasteiger partial charge in [0, 0.05) is 19.2 Å². The molecule has 7 nitrogen and oxygen atoms in total. The minimum atomic E-state index is -0.512. The van der Waals surface area contributed by atoms with Crippen LogP contribution in [0.4, 0.5) is 11.4 Å². The molecular formula is C14H22N4O3. The number of likely N-dealkylation sites (N-methyl/N-ethyl adjacent to an activating group) is 1. The van der Waals surface area contributed by atoms with Crippen LogP contribution in [0, 0.1) is 16.0 Å². The van der Waals surface area contributed by atoms with Gasteiger partial charge in [-0.05, 0) is 24.6 Å². The molecule has 0 radical (unpaired) electrons. The van der Waals surface area contributed by atoms with E-state index in [9.17, 15) is 14.9 Å². The van der Waals surface area contributed by atoms with Crippen LogP contribution in [0.3, 0.4) is 0 Å². The summed E-state index contributed by atoms with van der Waals surface area (Å²) >= 11 is 0. The van der Waals surface area contributed by atoms with E-state index in [0.717, 1.165) is 5.56 Å². The zero-order chi connectivity index (χ0) is 16.0. The Bertz CT molecular complexity index is 517. The Balaban J connectivity index is 2.55. The first-order valence-electron chi connectivity index (χ1n) is 6.77. The number of carbonyl (C=O) groups excluding carboxylic acids is 1. The van der Waals surface area contributed by atoms with Crippen LogP contribution in [-0.4, -0.2) is 35.9 Å². The van der Waals surface area contributed by atoms with Gasteiger partial charge in [-0.3, -0.25) is 19.8 Å². The van der Waals surface area contributed by atoms with Crippen molar-refractivity contribution in [2.24, 2.45) is 5.92 Å². The van der Waals surface area contributed by atoms with E-state index in [-0.39, 0.29) is 23.8 Å². The maximum atomic E-state index is 11.7. The molecule has 1 amide bonds. The second-order valence-corrected chi connectivity index (χ2v) is 5.52. The standard InChI is InChI=1S/C14H22N4O3/c1-10(2)7-16-14(19)9-17(3)8-11-4-5-13(18(20)21)12(15)6-11/h4-6,10H,7-9,15H2,1-3H3,(H,16,19). The maximum absolute atomic E-state index is 11.7. The Labute approximate surface area is 124 Å². The van der Waals surface area contributed by atoms with Crippen LogP contribution in [0.5, 0.6) is 0 Å². The predicted molar refractivity (Wildman–Crippen MR) is 81.7 cm³/mol. The number of hydrogen-bond donors (Lipinski definition) is 2.